The summed E-state index contributed by atoms with van der Waals surface area (Å²) in [6, 6.07) is 4.06. The Morgan fingerprint density at radius 2 is 2.33 bits per heavy atom. The van der Waals surface area contributed by atoms with E-state index in [-0.39, 0.29) is 0 Å². The molecule has 112 valence electrons. The maximum Gasteiger partial charge on any atom is 0.213 e. The van der Waals surface area contributed by atoms with Gasteiger partial charge >= 0.3 is 0 Å². The molecule has 0 aromatic carbocycles. The molecule has 3 rings (SSSR count). The van der Waals surface area contributed by atoms with Crippen molar-refractivity contribution in [1.82, 2.24) is 19.9 Å². The summed E-state index contributed by atoms with van der Waals surface area (Å²) in [5.74, 6) is 2.34. The van der Waals surface area contributed by atoms with Gasteiger partial charge in [-0.1, -0.05) is 6.07 Å². The Hall–Kier alpha value is -1.88. The van der Waals surface area contributed by atoms with E-state index in [1.807, 2.05) is 31.6 Å². The lowest BCUT2D eigenvalue weighted by molar-refractivity contribution is 0.196. The fourth-order valence-corrected chi connectivity index (χ4v) is 2.92. The Morgan fingerprint density at radius 3 is 3.05 bits per heavy atom. The van der Waals surface area contributed by atoms with Crippen LogP contribution in [0.4, 0.5) is 0 Å². The van der Waals surface area contributed by atoms with E-state index in [2.05, 4.69) is 25.9 Å². The van der Waals surface area contributed by atoms with Crippen LogP contribution in [0.15, 0.2) is 30.7 Å². The summed E-state index contributed by atoms with van der Waals surface area (Å²) in [6.45, 7) is 5.77. The number of H-pyrrole nitrogens is 1. The minimum Gasteiger partial charge on any atom is -0.478 e. The van der Waals surface area contributed by atoms with Crippen molar-refractivity contribution in [2.75, 3.05) is 19.7 Å². The lowest BCUT2D eigenvalue weighted by atomic mass is 9.97. The van der Waals surface area contributed by atoms with Crippen LogP contribution in [0.25, 0.3) is 0 Å². The van der Waals surface area contributed by atoms with Crippen molar-refractivity contribution in [3.8, 4) is 5.88 Å². The number of imidazole rings is 1. The second-order valence-corrected chi connectivity index (χ2v) is 5.49. The molecule has 0 aliphatic carbocycles. The Bertz CT molecular complexity index is 538. The van der Waals surface area contributed by atoms with E-state index in [0.717, 1.165) is 25.5 Å². The summed E-state index contributed by atoms with van der Waals surface area (Å²) >= 11 is 0. The van der Waals surface area contributed by atoms with E-state index in [1.54, 1.807) is 0 Å². The SMILES string of the molecule is CCOc1ccc(CN2CCCC(c3ncc[nH]3)C2)cn1. The van der Waals surface area contributed by atoms with Crippen LogP contribution in [0, 0.1) is 0 Å². The number of ether oxygens (including phenoxy) is 1. The zero-order valence-corrected chi connectivity index (χ0v) is 12.5. The third-order valence-electron chi connectivity index (χ3n) is 3.91. The third kappa shape index (κ3) is 3.61. The smallest absolute Gasteiger partial charge is 0.213 e. The van der Waals surface area contributed by atoms with Gasteiger partial charge in [-0.15, -0.1) is 0 Å². The molecule has 5 heteroatoms. The van der Waals surface area contributed by atoms with Gasteiger partial charge in [0.1, 0.15) is 5.82 Å². The molecule has 5 nitrogen and oxygen atoms in total. The van der Waals surface area contributed by atoms with Gasteiger partial charge in [0.2, 0.25) is 5.88 Å². The van der Waals surface area contributed by atoms with Crippen molar-refractivity contribution < 1.29 is 4.74 Å². The number of hydrogen-bond donors (Lipinski definition) is 1. The van der Waals surface area contributed by atoms with Crippen LogP contribution in [-0.4, -0.2) is 39.5 Å². The molecule has 1 N–H and O–H groups in total. The van der Waals surface area contributed by atoms with Gasteiger partial charge < -0.3 is 9.72 Å². The predicted octanol–water partition coefficient (Wildman–Crippen LogP) is 2.58. The zero-order chi connectivity index (χ0) is 14.5. The standard InChI is InChI=1S/C16H22N4O/c1-2-21-15-6-5-13(10-19-15)11-20-9-3-4-14(12-20)16-17-7-8-18-16/h5-8,10,14H,2-4,9,11-12H2,1H3,(H,17,18). The third-order valence-corrected chi connectivity index (χ3v) is 3.91. The lowest BCUT2D eigenvalue weighted by Crippen LogP contribution is -2.34. The first-order chi connectivity index (χ1) is 10.3. The van der Waals surface area contributed by atoms with Crippen LogP contribution >= 0.6 is 0 Å². The highest BCUT2D eigenvalue weighted by molar-refractivity contribution is 5.18. The monoisotopic (exact) mass is 286 g/mol. The second kappa shape index (κ2) is 6.72. The largest absolute Gasteiger partial charge is 0.478 e. The van der Waals surface area contributed by atoms with E-state index >= 15 is 0 Å². The highest BCUT2D eigenvalue weighted by Gasteiger charge is 2.22. The number of pyridine rings is 1. The number of nitrogens with zero attached hydrogens (tertiary/aromatic N) is 3. The number of nitrogens with one attached hydrogen (secondary N) is 1. The zero-order valence-electron chi connectivity index (χ0n) is 12.5. The number of aromatic nitrogens is 3. The average Bonchev–Trinajstić information content (AvgIpc) is 3.04. The van der Waals surface area contributed by atoms with Gasteiger partial charge in [0.15, 0.2) is 0 Å². The topological polar surface area (TPSA) is 54.0 Å². The van der Waals surface area contributed by atoms with E-state index in [9.17, 15) is 0 Å². The van der Waals surface area contributed by atoms with Crippen molar-refractivity contribution in [1.29, 1.82) is 0 Å². The average molecular weight is 286 g/mol. The van der Waals surface area contributed by atoms with Crippen LogP contribution in [0.1, 0.15) is 37.1 Å². The van der Waals surface area contributed by atoms with Gasteiger partial charge in [-0.25, -0.2) is 9.97 Å². The first-order valence-electron chi connectivity index (χ1n) is 7.64. The molecule has 0 spiro atoms. The Balaban J connectivity index is 1.59. The first-order valence-corrected chi connectivity index (χ1v) is 7.64. The van der Waals surface area contributed by atoms with Gasteiger partial charge in [-0.05, 0) is 31.9 Å². The molecule has 2 aromatic rings. The number of likely N-dealkylation sites (tertiary alicyclic amines) is 1. The molecule has 1 saturated heterocycles. The maximum atomic E-state index is 5.38. The van der Waals surface area contributed by atoms with E-state index in [4.69, 9.17) is 4.74 Å². The number of hydrogen-bond acceptors (Lipinski definition) is 4. The van der Waals surface area contributed by atoms with Crippen molar-refractivity contribution in [2.45, 2.75) is 32.2 Å². The molecular formula is C16H22N4O. The van der Waals surface area contributed by atoms with Crippen LogP contribution in [0.2, 0.25) is 0 Å². The normalized spacial score (nSPS) is 19.6. The van der Waals surface area contributed by atoms with Crippen LogP contribution in [-0.2, 0) is 6.54 Å². The number of aromatic amines is 1. The van der Waals surface area contributed by atoms with Gasteiger partial charge in [-0.3, -0.25) is 4.90 Å². The Kier molecular flexibility index (Phi) is 4.50. The molecule has 1 atom stereocenters. The molecule has 1 fully saturated rings. The maximum absolute atomic E-state index is 5.38. The Morgan fingerprint density at radius 1 is 1.38 bits per heavy atom. The molecule has 1 aliphatic rings. The predicted molar refractivity (Wildman–Crippen MR) is 81.2 cm³/mol. The fraction of sp³-hybridized carbons (Fsp3) is 0.500. The second-order valence-electron chi connectivity index (χ2n) is 5.49. The quantitative estimate of drug-likeness (QED) is 0.918. The number of rotatable bonds is 5. The summed E-state index contributed by atoms with van der Waals surface area (Å²) in [4.78, 5) is 14.5. The van der Waals surface area contributed by atoms with Gasteiger partial charge in [-0.2, -0.15) is 0 Å². The molecule has 2 aromatic heterocycles. The molecule has 21 heavy (non-hydrogen) atoms. The molecule has 1 unspecified atom stereocenters. The highest BCUT2D eigenvalue weighted by atomic mass is 16.5. The summed E-state index contributed by atoms with van der Waals surface area (Å²) in [7, 11) is 0. The molecule has 0 saturated carbocycles. The molecule has 0 radical (unpaired) electrons. The molecule has 0 bridgehead atoms. The van der Waals surface area contributed by atoms with E-state index < -0.39 is 0 Å². The van der Waals surface area contributed by atoms with Crippen LogP contribution < -0.4 is 4.74 Å². The minimum atomic E-state index is 0.518. The molecule has 3 heterocycles. The van der Waals surface area contributed by atoms with Crippen LogP contribution in [0.5, 0.6) is 5.88 Å². The fourth-order valence-electron chi connectivity index (χ4n) is 2.92. The Labute approximate surface area is 125 Å². The van der Waals surface area contributed by atoms with Gasteiger partial charge in [0.05, 0.1) is 6.61 Å². The van der Waals surface area contributed by atoms with Crippen molar-refractivity contribution in [3.63, 3.8) is 0 Å². The molecule has 1 aliphatic heterocycles. The van der Waals surface area contributed by atoms with E-state index in [1.165, 1.54) is 18.4 Å². The minimum absolute atomic E-state index is 0.518. The summed E-state index contributed by atoms with van der Waals surface area (Å²) < 4.78 is 5.38. The highest BCUT2D eigenvalue weighted by Crippen LogP contribution is 2.25. The number of piperidine rings is 1. The van der Waals surface area contributed by atoms with E-state index in [0.29, 0.717) is 18.4 Å². The lowest BCUT2D eigenvalue weighted by Gasteiger charge is -2.31. The van der Waals surface area contributed by atoms with Crippen molar-refractivity contribution >= 4 is 0 Å². The van der Waals surface area contributed by atoms with Gasteiger partial charge in [0.25, 0.3) is 0 Å². The van der Waals surface area contributed by atoms with Crippen LogP contribution in [0.3, 0.4) is 0 Å². The first kappa shape index (κ1) is 14.1. The summed E-state index contributed by atoms with van der Waals surface area (Å²) in [6.07, 6.45) is 8.10. The van der Waals surface area contributed by atoms with Crippen molar-refractivity contribution in [2.24, 2.45) is 0 Å². The summed E-state index contributed by atoms with van der Waals surface area (Å²) in [5, 5.41) is 0. The van der Waals surface area contributed by atoms with Crippen molar-refractivity contribution in [3.05, 3.63) is 42.1 Å². The molecular weight excluding hydrogens is 264 g/mol. The van der Waals surface area contributed by atoms with Gasteiger partial charge in [0, 0.05) is 43.7 Å². The summed E-state index contributed by atoms with van der Waals surface area (Å²) in [5.41, 5.74) is 1.23. The molecule has 0 amide bonds.